The summed E-state index contributed by atoms with van der Waals surface area (Å²) >= 11 is 0. The maximum atomic E-state index is 5.10. The topological polar surface area (TPSA) is 22.2 Å². The third-order valence-corrected chi connectivity index (χ3v) is 4.54. The first-order valence-corrected chi connectivity index (χ1v) is 10.9. The van der Waals surface area contributed by atoms with Crippen molar-refractivity contribution in [1.82, 2.24) is 19.6 Å². The Kier molecular flexibility index (Phi) is 22.7. The zero-order chi connectivity index (χ0) is 20.2. The standard InChI is InChI=1S/C6H14N2.C6H13N.C5H11NO.2C2H6/c1-7-3-5-8(2)6-4-7;1-7-5-3-2-4-6-7;1-6-2-4-7-5-3-6;2*1-2/h3-6H2,1-2H3;2-6H2,1H3;2-5H2,1H3;2*1-2H3. The van der Waals surface area contributed by atoms with Crippen LogP contribution in [0.4, 0.5) is 0 Å². The highest BCUT2D eigenvalue weighted by Gasteiger charge is 2.07. The number of hydrogen-bond acceptors (Lipinski definition) is 5. The molecule has 0 amide bonds. The monoisotopic (exact) mass is 374 g/mol. The van der Waals surface area contributed by atoms with E-state index in [1.54, 1.807) is 0 Å². The molecule has 3 heterocycles. The predicted octanol–water partition coefficient (Wildman–Crippen LogP) is 2.97. The molecule has 0 spiro atoms. The lowest BCUT2D eigenvalue weighted by atomic mass is 10.1. The van der Waals surface area contributed by atoms with E-state index in [-0.39, 0.29) is 0 Å². The molecule has 3 rings (SSSR count). The molecular formula is C21H50N4O. The summed E-state index contributed by atoms with van der Waals surface area (Å²) in [7, 11) is 8.65. The molecule has 0 aromatic carbocycles. The number of likely N-dealkylation sites (N-methyl/N-ethyl adjacent to an activating group) is 3. The van der Waals surface area contributed by atoms with Gasteiger partial charge in [-0.2, -0.15) is 0 Å². The first-order chi connectivity index (χ1) is 12.6. The molecule has 0 radical (unpaired) electrons. The van der Waals surface area contributed by atoms with E-state index in [1.165, 1.54) is 58.5 Å². The fraction of sp³-hybridized carbons (Fsp3) is 1.00. The Labute approximate surface area is 165 Å². The van der Waals surface area contributed by atoms with Gasteiger partial charge >= 0.3 is 0 Å². The largest absolute Gasteiger partial charge is 0.379 e. The number of rotatable bonds is 0. The molecule has 160 valence electrons. The second-order valence-corrected chi connectivity index (χ2v) is 6.89. The van der Waals surface area contributed by atoms with Crippen LogP contribution in [0.15, 0.2) is 0 Å². The average Bonchev–Trinajstić information content (AvgIpc) is 2.70. The highest BCUT2D eigenvalue weighted by molar-refractivity contribution is 4.64. The molecule has 3 saturated heterocycles. The Morgan fingerprint density at radius 1 is 0.423 bits per heavy atom. The highest BCUT2D eigenvalue weighted by atomic mass is 16.5. The van der Waals surface area contributed by atoms with Gasteiger partial charge in [0.15, 0.2) is 0 Å². The minimum atomic E-state index is 0.913. The Balaban J connectivity index is 0. The Morgan fingerprint density at radius 2 is 0.731 bits per heavy atom. The minimum Gasteiger partial charge on any atom is -0.379 e. The van der Waals surface area contributed by atoms with Gasteiger partial charge in [-0.15, -0.1) is 0 Å². The van der Waals surface area contributed by atoms with Crippen molar-refractivity contribution in [3.63, 3.8) is 0 Å². The number of ether oxygens (including phenoxy) is 1. The molecule has 0 N–H and O–H groups in total. The van der Waals surface area contributed by atoms with Gasteiger partial charge in [0, 0.05) is 39.3 Å². The number of morpholine rings is 1. The maximum Gasteiger partial charge on any atom is 0.0594 e. The molecule has 3 aliphatic rings. The van der Waals surface area contributed by atoms with E-state index in [2.05, 4.69) is 47.8 Å². The zero-order valence-electron chi connectivity index (χ0n) is 19.4. The number of piperidine rings is 1. The first-order valence-electron chi connectivity index (χ1n) is 10.9. The lowest BCUT2D eigenvalue weighted by Crippen LogP contribution is -2.42. The van der Waals surface area contributed by atoms with Crippen LogP contribution in [0.3, 0.4) is 0 Å². The maximum absolute atomic E-state index is 5.10. The average molecular weight is 375 g/mol. The molecule has 3 aliphatic heterocycles. The number of piperazine rings is 1. The molecule has 3 fully saturated rings. The molecule has 26 heavy (non-hydrogen) atoms. The quantitative estimate of drug-likeness (QED) is 0.648. The second-order valence-electron chi connectivity index (χ2n) is 6.89. The van der Waals surface area contributed by atoms with E-state index in [0.29, 0.717) is 0 Å². The molecule has 0 bridgehead atoms. The van der Waals surface area contributed by atoms with Crippen LogP contribution in [0.25, 0.3) is 0 Å². The van der Waals surface area contributed by atoms with E-state index < -0.39 is 0 Å². The van der Waals surface area contributed by atoms with E-state index in [0.717, 1.165) is 26.3 Å². The van der Waals surface area contributed by atoms with Gasteiger partial charge in [0.25, 0.3) is 0 Å². The minimum absolute atomic E-state index is 0.913. The van der Waals surface area contributed by atoms with Crippen LogP contribution in [-0.2, 0) is 4.74 Å². The van der Waals surface area contributed by atoms with Crippen LogP contribution in [0.2, 0.25) is 0 Å². The van der Waals surface area contributed by atoms with E-state index in [9.17, 15) is 0 Å². The molecule has 5 heteroatoms. The van der Waals surface area contributed by atoms with Gasteiger partial charge in [-0.25, -0.2) is 0 Å². The van der Waals surface area contributed by atoms with Gasteiger partial charge < -0.3 is 24.3 Å². The zero-order valence-corrected chi connectivity index (χ0v) is 19.4. The van der Waals surface area contributed by atoms with Crippen molar-refractivity contribution in [3.8, 4) is 0 Å². The fourth-order valence-electron chi connectivity index (χ4n) is 2.61. The normalized spacial score (nSPS) is 22.2. The summed E-state index contributed by atoms with van der Waals surface area (Å²) in [5.74, 6) is 0. The summed E-state index contributed by atoms with van der Waals surface area (Å²) in [6, 6.07) is 0. The van der Waals surface area contributed by atoms with Gasteiger partial charge in [-0.1, -0.05) is 34.1 Å². The molecule has 0 saturated carbocycles. The smallest absolute Gasteiger partial charge is 0.0594 e. The lowest BCUT2D eigenvalue weighted by molar-refractivity contribution is 0.0503. The Morgan fingerprint density at radius 3 is 0.962 bits per heavy atom. The van der Waals surface area contributed by atoms with Crippen molar-refractivity contribution in [2.45, 2.75) is 47.0 Å². The van der Waals surface area contributed by atoms with Crippen LogP contribution in [0.5, 0.6) is 0 Å². The van der Waals surface area contributed by atoms with Crippen LogP contribution in [0.1, 0.15) is 47.0 Å². The summed E-state index contributed by atoms with van der Waals surface area (Å²) < 4.78 is 5.10. The van der Waals surface area contributed by atoms with Gasteiger partial charge in [-0.05, 0) is 54.1 Å². The van der Waals surface area contributed by atoms with Crippen molar-refractivity contribution in [2.24, 2.45) is 0 Å². The molecule has 5 nitrogen and oxygen atoms in total. The summed E-state index contributed by atoms with van der Waals surface area (Å²) in [5.41, 5.74) is 0. The van der Waals surface area contributed by atoms with E-state index in [4.69, 9.17) is 4.74 Å². The highest BCUT2D eigenvalue weighted by Crippen LogP contribution is 2.04. The molecular weight excluding hydrogens is 324 g/mol. The fourth-order valence-corrected chi connectivity index (χ4v) is 2.61. The van der Waals surface area contributed by atoms with Crippen molar-refractivity contribution in [3.05, 3.63) is 0 Å². The molecule has 0 atom stereocenters. The van der Waals surface area contributed by atoms with Crippen molar-refractivity contribution >= 4 is 0 Å². The second kappa shape index (κ2) is 21.1. The SMILES string of the molecule is CC.CC.CN1CCCCC1.CN1CCN(C)CC1.CN1CCOCC1. The van der Waals surface area contributed by atoms with Crippen molar-refractivity contribution in [2.75, 3.05) is 93.8 Å². The van der Waals surface area contributed by atoms with Crippen molar-refractivity contribution < 1.29 is 4.74 Å². The summed E-state index contributed by atoms with van der Waals surface area (Å²) in [5, 5.41) is 0. The third-order valence-electron chi connectivity index (χ3n) is 4.54. The van der Waals surface area contributed by atoms with Crippen LogP contribution >= 0.6 is 0 Å². The van der Waals surface area contributed by atoms with Gasteiger partial charge in [-0.3, -0.25) is 0 Å². The Hall–Kier alpha value is -0.200. The van der Waals surface area contributed by atoms with Gasteiger partial charge in [0.1, 0.15) is 0 Å². The molecule has 0 aliphatic carbocycles. The first kappa shape index (κ1) is 28.0. The van der Waals surface area contributed by atoms with Crippen LogP contribution in [0, 0.1) is 0 Å². The number of nitrogens with zero attached hydrogens (tertiary/aromatic N) is 4. The summed E-state index contributed by atoms with van der Waals surface area (Å²) in [4.78, 5) is 9.38. The molecule has 0 aromatic rings. The van der Waals surface area contributed by atoms with Gasteiger partial charge in [0.2, 0.25) is 0 Å². The summed E-state index contributed by atoms with van der Waals surface area (Å²) in [6.07, 6.45) is 4.28. The number of likely N-dealkylation sites (tertiary alicyclic amines) is 1. The lowest BCUT2D eigenvalue weighted by Gasteiger charge is -2.28. The Bertz CT molecular complexity index is 220. The van der Waals surface area contributed by atoms with Crippen molar-refractivity contribution in [1.29, 1.82) is 0 Å². The number of hydrogen-bond donors (Lipinski definition) is 0. The summed E-state index contributed by atoms with van der Waals surface area (Å²) in [6.45, 7) is 19.6. The van der Waals surface area contributed by atoms with Gasteiger partial charge in [0.05, 0.1) is 13.2 Å². The van der Waals surface area contributed by atoms with E-state index in [1.807, 2.05) is 27.7 Å². The molecule has 0 aromatic heterocycles. The van der Waals surface area contributed by atoms with E-state index >= 15 is 0 Å². The third kappa shape index (κ3) is 18.6. The van der Waals surface area contributed by atoms with Crippen LogP contribution in [-0.4, -0.2) is 113 Å². The molecule has 0 unspecified atom stereocenters. The predicted molar refractivity (Wildman–Crippen MR) is 117 cm³/mol. The van der Waals surface area contributed by atoms with Crippen LogP contribution < -0.4 is 0 Å².